The molecule has 15 heavy (non-hydrogen) atoms. The van der Waals surface area contributed by atoms with E-state index in [9.17, 15) is 15.3 Å². The van der Waals surface area contributed by atoms with Gasteiger partial charge in [-0.25, -0.2) is 0 Å². The van der Waals surface area contributed by atoms with Gasteiger partial charge in [0.1, 0.15) is 11.5 Å². The maximum Gasteiger partial charge on any atom is 0.130 e. The molecule has 0 amide bonds. The van der Waals surface area contributed by atoms with Crippen LogP contribution in [0.1, 0.15) is 57.8 Å². The lowest BCUT2D eigenvalue weighted by Gasteiger charge is -2.12. The van der Waals surface area contributed by atoms with Crippen molar-refractivity contribution in [2.45, 2.75) is 63.9 Å². The van der Waals surface area contributed by atoms with Crippen LogP contribution in [-0.4, -0.2) is 21.4 Å². The van der Waals surface area contributed by atoms with Crippen LogP contribution in [0.5, 0.6) is 0 Å². The first kappa shape index (κ1) is 12.4. The fraction of sp³-hybridized carbons (Fsp3) is 0.833. The Bertz CT molecular complexity index is 211. The third kappa shape index (κ3) is 5.07. The number of rotatable bonds is 0. The van der Waals surface area contributed by atoms with Crippen LogP contribution in [0.15, 0.2) is 11.5 Å². The molecule has 0 aromatic heterocycles. The molecular weight excluding hydrogens is 192 g/mol. The van der Waals surface area contributed by atoms with E-state index in [1.54, 1.807) is 0 Å². The van der Waals surface area contributed by atoms with Gasteiger partial charge < -0.3 is 15.3 Å². The highest BCUT2D eigenvalue weighted by atomic mass is 16.3. The van der Waals surface area contributed by atoms with Crippen LogP contribution in [0.25, 0.3) is 0 Å². The molecule has 1 atom stereocenters. The van der Waals surface area contributed by atoms with Gasteiger partial charge in [-0.2, -0.15) is 0 Å². The molecule has 0 saturated heterocycles. The fourth-order valence-electron chi connectivity index (χ4n) is 1.94. The molecule has 3 N–H and O–H groups in total. The van der Waals surface area contributed by atoms with E-state index < -0.39 is 0 Å². The smallest absolute Gasteiger partial charge is 0.130 e. The zero-order valence-corrected chi connectivity index (χ0v) is 9.28. The molecule has 0 bridgehead atoms. The summed E-state index contributed by atoms with van der Waals surface area (Å²) in [6.45, 7) is 0. The van der Waals surface area contributed by atoms with Gasteiger partial charge in [-0.15, -0.1) is 0 Å². The molecule has 0 heterocycles. The van der Waals surface area contributed by atoms with Crippen LogP contribution in [0, 0.1) is 0 Å². The van der Waals surface area contributed by atoms with E-state index in [1.807, 2.05) is 0 Å². The van der Waals surface area contributed by atoms with Crippen LogP contribution in [0.4, 0.5) is 0 Å². The minimum Gasteiger partial charge on any atom is -0.509 e. The average molecular weight is 214 g/mol. The minimum atomic E-state index is -0.334. The summed E-state index contributed by atoms with van der Waals surface area (Å²) < 4.78 is 0. The van der Waals surface area contributed by atoms with E-state index in [-0.39, 0.29) is 17.6 Å². The van der Waals surface area contributed by atoms with Crippen LogP contribution in [0.2, 0.25) is 0 Å². The monoisotopic (exact) mass is 214 g/mol. The first-order valence-corrected chi connectivity index (χ1v) is 5.98. The molecule has 1 aliphatic carbocycles. The van der Waals surface area contributed by atoms with Crippen LogP contribution < -0.4 is 0 Å². The summed E-state index contributed by atoms with van der Waals surface area (Å²) in [6, 6.07) is 0. The summed E-state index contributed by atoms with van der Waals surface area (Å²) in [7, 11) is 0. The van der Waals surface area contributed by atoms with Crippen molar-refractivity contribution in [3.8, 4) is 0 Å². The van der Waals surface area contributed by atoms with Crippen molar-refractivity contribution in [3.05, 3.63) is 11.5 Å². The maximum absolute atomic E-state index is 9.58. The van der Waals surface area contributed by atoms with Gasteiger partial charge in [0.25, 0.3) is 0 Å². The zero-order chi connectivity index (χ0) is 11.1. The van der Waals surface area contributed by atoms with Gasteiger partial charge in [0.15, 0.2) is 0 Å². The predicted molar refractivity (Wildman–Crippen MR) is 59.8 cm³/mol. The van der Waals surface area contributed by atoms with Crippen LogP contribution >= 0.6 is 0 Å². The van der Waals surface area contributed by atoms with E-state index >= 15 is 0 Å². The normalized spacial score (nSPS) is 31.7. The van der Waals surface area contributed by atoms with Crippen molar-refractivity contribution in [2.75, 3.05) is 0 Å². The van der Waals surface area contributed by atoms with Crippen LogP contribution in [-0.2, 0) is 0 Å². The Kier molecular flexibility index (Phi) is 5.54. The molecule has 0 fully saturated rings. The second-order valence-electron chi connectivity index (χ2n) is 4.39. The lowest BCUT2D eigenvalue weighted by Crippen LogP contribution is -2.07. The van der Waals surface area contributed by atoms with Crippen molar-refractivity contribution in [3.63, 3.8) is 0 Å². The first-order chi connectivity index (χ1) is 7.20. The third-order valence-corrected chi connectivity index (χ3v) is 3.00. The van der Waals surface area contributed by atoms with Gasteiger partial charge in [-0.1, -0.05) is 25.7 Å². The molecule has 0 saturated carbocycles. The van der Waals surface area contributed by atoms with Crippen molar-refractivity contribution < 1.29 is 15.3 Å². The van der Waals surface area contributed by atoms with E-state index in [0.717, 1.165) is 38.5 Å². The molecule has 1 rings (SSSR count). The van der Waals surface area contributed by atoms with Gasteiger partial charge in [0, 0.05) is 12.8 Å². The van der Waals surface area contributed by atoms with Crippen molar-refractivity contribution in [1.29, 1.82) is 0 Å². The molecule has 1 unspecified atom stereocenters. The molecule has 0 aliphatic heterocycles. The molecule has 0 aromatic rings. The number of hydrogen-bond donors (Lipinski definition) is 3. The van der Waals surface area contributed by atoms with Crippen molar-refractivity contribution in [1.82, 2.24) is 0 Å². The van der Waals surface area contributed by atoms with E-state index in [1.165, 1.54) is 0 Å². The Hall–Kier alpha value is -0.700. The molecule has 88 valence electrons. The number of allylic oxidation sites excluding steroid dienone is 2. The first-order valence-electron chi connectivity index (χ1n) is 5.98. The van der Waals surface area contributed by atoms with Gasteiger partial charge in [-0.05, 0) is 19.3 Å². The molecule has 3 nitrogen and oxygen atoms in total. The fourth-order valence-corrected chi connectivity index (χ4v) is 1.94. The summed E-state index contributed by atoms with van der Waals surface area (Å²) in [6.07, 6.45) is 7.41. The van der Waals surface area contributed by atoms with Gasteiger partial charge in [0.05, 0.1) is 6.10 Å². The quantitative estimate of drug-likeness (QED) is 0.580. The Balaban J connectivity index is 2.47. The third-order valence-electron chi connectivity index (χ3n) is 3.00. The van der Waals surface area contributed by atoms with Crippen molar-refractivity contribution >= 4 is 0 Å². The predicted octanol–water partition coefficient (Wildman–Crippen LogP) is 3.20. The topological polar surface area (TPSA) is 60.7 Å². The SMILES string of the molecule is O/C1=C(\O)CCC(O)CCCCCCC1. The van der Waals surface area contributed by atoms with Gasteiger partial charge >= 0.3 is 0 Å². The Morgan fingerprint density at radius 1 is 0.733 bits per heavy atom. The highest BCUT2D eigenvalue weighted by molar-refractivity contribution is 4.98. The van der Waals surface area contributed by atoms with E-state index in [0.29, 0.717) is 19.3 Å². The number of hydrogen-bond acceptors (Lipinski definition) is 3. The number of aliphatic hydroxyl groups is 3. The van der Waals surface area contributed by atoms with Crippen LogP contribution in [0.3, 0.4) is 0 Å². The summed E-state index contributed by atoms with van der Waals surface area (Å²) in [5.41, 5.74) is 0. The lowest BCUT2D eigenvalue weighted by atomic mass is 10.0. The van der Waals surface area contributed by atoms with Crippen molar-refractivity contribution in [2.24, 2.45) is 0 Å². The molecule has 0 radical (unpaired) electrons. The standard InChI is InChI=1S/C12H22O3/c13-10-6-4-2-1-3-5-7-11(14)12(15)9-8-10/h10,13-15H,1-9H2/b12-11-. The van der Waals surface area contributed by atoms with E-state index in [4.69, 9.17) is 0 Å². The lowest BCUT2D eigenvalue weighted by molar-refractivity contribution is 0.144. The Morgan fingerprint density at radius 2 is 1.33 bits per heavy atom. The second kappa shape index (κ2) is 6.72. The average Bonchev–Trinajstić information content (AvgIpc) is 2.22. The highest BCUT2D eigenvalue weighted by Crippen LogP contribution is 2.18. The summed E-state index contributed by atoms with van der Waals surface area (Å²) in [5.74, 6) is 0.178. The Labute approximate surface area is 91.4 Å². The molecule has 1 aliphatic rings. The summed E-state index contributed by atoms with van der Waals surface area (Å²) >= 11 is 0. The largest absolute Gasteiger partial charge is 0.509 e. The number of aliphatic hydroxyl groups excluding tert-OH is 3. The van der Waals surface area contributed by atoms with Gasteiger partial charge in [0.2, 0.25) is 0 Å². The molecule has 3 heteroatoms. The Morgan fingerprint density at radius 3 is 2.13 bits per heavy atom. The summed E-state index contributed by atoms with van der Waals surface area (Å²) in [4.78, 5) is 0. The molecular formula is C12H22O3. The maximum atomic E-state index is 9.58. The zero-order valence-electron chi connectivity index (χ0n) is 9.28. The van der Waals surface area contributed by atoms with E-state index in [2.05, 4.69) is 0 Å². The molecule has 0 spiro atoms. The summed E-state index contributed by atoms with van der Waals surface area (Å²) in [5, 5.41) is 28.6. The molecule has 0 aromatic carbocycles. The minimum absolute atomic E-state index is 0.0645. The second-order valence-corrected chi connectivity index (χ2v) is 4.39. The highest BCUT2D eigenvalue weighted by Gasteiger charge is 2.10. The van der Waals surface area contributed by atoms with Gasteiger partial charge in [-0.3, -0.25) is 0 Å².